The summed E-state index contributed by atoms with van der Waals surface area (Å²) in [5.41, 5.74) is 6.04. The number of nitrogens with zero attached hydrogens (tertiary/aromatic N) is 2. The molecule has 0 saturated heterocycles. The van der Waals surface area contributed by atoms with Gasteiger partial charge in [0.05, 0.1) is 0 Å². The number of hydrazine groups is 1. The fourth-order valence-electron chi connectivity index (χ4n) is 2.08. The predicted molar refractivity (Wildman–Crippen MR) is 88.1 cm³/mol. The number of nitrogens with one attached hydrogen (secondary N) is 1. The second-order valence-electron chi connectivity index (χ2n) is 6.63. The summed E-state index contributed by atoms with van der Waals surface area (Å²) in [6.07, 6.45) is 0. The summed E-state index contributed by atoms with van der Waals surface area (Å²) in [5.74, 6) is 7.18. The first-order valence-corrected chi connectivity index (χ1v) is 7.28. The summed E-state index contributed by atoms with van der Waals surface area (Å²) < 4.78 is 0. The Hall–Kier alpha value is -1.94. The summed E-state index contributed by atoms with van der Waals surface area (Å²) in [5, 5.41) is 0. The van der Waals surface area contributed by atoms with Gasteiger partial charge >= 0.3 is 0 Å². The van der Waals surface area contributed by atoms with Crippen LogP contribution in [0.4, 0.5) is 5.82 Å². The van der Waals surface area contributed by atoms with E-state index in [2.05, 4.69) is 74.3 Å². The summed E-state index contributed by atoms with van der Waals surface area (Å²) in [7, 11) is 0. The molecule has 0 radical (unpaired) electrons. The summed E-state index contributed by atoms with van der Waals surface area (Å²) in [6, 6.07) is 10.3. The van der Waals surface area contributed by atoms with Gasteiger partial charge in [-0.05, 0) is 16.9 Å². The van der Waals surface area contributed by atoms with Gasteiger partial charge in [0.25, 0.3) is 0 Å². The van der Waals surface area contributed by atoms with Crippen molar-refractivity contribution in [2.24, 2.45) is 5.84 Å². The van der Waals surface area contributed by atoms with E-state index >= 15 is 0 Å². The molecule has 0 aliphatic carbocycles. The van der Waals surface area contributed by atoms with Crippen molar-refractivity contribution < 1.29 is 0 Å². The zero-order valence-electron chi connectivity index (χ0n) is 13.4. The zero-order valence-corrected chi connectivity index (χ0v) is 13.4. The van der Waals surface area contributed by atoms with Crippen molar-refractivity contribution in [3.05, 3.63) is 41.6 Å². The second-order valence-corrected chi connectivity index (χ2v) is 6.63. The van der Waals surface area contributed by atoms with Crippen molar-refractivity contribution in [3.8, 4) is 11.4 Å². The molecule has 0 unspecified atom stereocenters. The Balaban J connectivity index is 2.44. The molecule has 2 aromatic rings. The van der Waals surface area contributed by atoms with E-state index in [1.807, 2.05) is 6.07 Å². The van der Waals surface area contributed by atoms with Gasteiger partial charge in [-0.3, -0.25) is 0 Å². The smallest absolute Gasteiger partial charge is 0.161 e. The Bertz CT molecular complexity index is 610. The maximum atomic E-state index is 5.51. The van der Waals surface area contributed by atoms with E-state index < -0.39 is 0 Å². The average molecular weight is 284 g/mol. The van der Waals surface area contributed by atoms with Gasteiger partial charge < -0.3 is 5.43 Å². The van der Waals surface area contributed by atoms with Crippen LogP contribution >= 0.6 is 0 Å². The number of nitrogens with two attached hydrogens (primary N) is 1. The molecule has 0 aliphatic rings. The molecule has 4 nitrogen and oxygen atoms in total. The Kier molecular flexibility index (Phi) is 4.28. The molecule has 1 aromatic heterocycles. The van der Waals surface area contributed by atoms with Gasteiger partial charge in [0.1, 0.15) is 5.82 Å². The maximum Gasteiger partial charge on any atom is 0.161 e. The van der Waals surface area contributed by atoms with Crippen LogP contribution in [-0.4, -0.2) is 9.97 Å². The molecule has 1 heterocycles. The molecule has 1 aromatic carbocycles. The van der Waals surface area contributed by atoms with Crippen molar-refractivity contribution in [2.75, 3.05) is 5.43 Å². The van der Waals surface area contributed by atoms with E-state index in [4.69, 9.17) is 5.84 Å². The van der Waals surface area contributed by atoms with Crippen molar-refractivity contribution >= 4 is 5.82 Å². The third-order valence-corrected chi connectivity index (χ3v) is 3.49. The van der Waals surface area contributed by atoms with Gasteiger partial charge in [0.2, 0.25) is 0 Å². The largest absolute Gasteiger partial charge is 0.308 e. The number of hydrogen-bond donors (Lipinski definition) is 2. The minimum Gasteiger partial charge on any atom is -0.308 e. The van der Waals surface area contributed by atoms with E-state index in [1.54, 1.807) is 0 Å². The molecular formula is C17H24N4. The van der Waals surface area contributed by atoms with Crippen LogP contribution in [-0.2, 0) is 5.41 Å². The summed E-state index contributed by atoms with van der Waals surface area (Å²) in [6.45, 7) is 10.8. The molecule has 3 N–H and O–H groups in total. The standard InChI is InChI=1S/C17H24N4/c1-11(2)14-10-15(21-18)20-16(19-14)12-6-8-13(9-7-12)17(3,4)5/h6-11H,18H2,1-5H3,(H,19,20,21). The van der Waals surface area contributed by atoms with Gasteiger partial charge in [-0.2, -0.15) is 0 Å². The van der Waals surface area contributed by atoms with Crippen molar-refractivity contribution in [1.82, 2.24) is 9.97 Å². The first-order chi connectivity index (χ1) is 9.81. The number of anilines is 1. The molecule has 112 valence electrons. The lowest BCUT2D eigenvalue weighted by molar-refractivity contribution is 0.590. The van der Waals surface area contributed by atoms with Crippen LogP contribution in [0, 0.1) is 0 Å². The van der Waals surface area contributed by atoms with Crippen molar-refractivity contribution in [3.63, 3.8) is 0 Å². The Morgan fingerprint density at radius 3 is 2.14 bits per heavy atom. The van der Waals surface area contributed by atoms with Gasteiger partial charge in [-0.15, -0.1) is 0 Å². The summed E-state index contributed by atoms with van der Waals surface area (Å²) >= 11 is 0. The highest BCUT2D eigenvalue weighted by Crippen LogP contribution is 2.26. The highest BCUT2D eigenvalue weighted by Gasteiger charge is 2.14. The molecule has 2 rings (SSSR count). The molecular weight excluding hydrogens is 260 g/mol. The van der Waals surface area contributed by atoms with Crippen molar-refractivity contribution in [1.29, 1.82) is 0 Å². The molecule has 0 atom stereocenters. The normalized spacial score (nSPS) is 11.8. The Morgan fingerprint density at radius 2 is 1.67 bits per heavy atom. The van der Waals surface area contributed by atoms with E-state index in [0.717, 1.165) is 11.3 Å². The van der Waals surface area contributed by atoms with Crippen LogP contribution in [0.25, 0.3) is 11.4 Å². The topological polar surface area (TPSA) is 63.8 Å². The molecule has 0 spiro atoms. The third-order valence-electron chi connectivity index (χ3n) is 3.49. The van der Waals surface area contributed by atoms with Gasteiger partial charge in [-0.1, -0.05) is 58.9 Å². The second kappa shape index (κ2) is 5.82. The van der Waals surface area contributed by atoms with Gasteiger partial charge in [0, 0.05) is 17.3 Å². The van der Waals surface area contributed by atoms with Crippen molar-refractivity contribution in [2.45, 2.75) is 46.0 Å². The SMILES string of the molecule is CC(C)c1cc(NN)nc(-c2ccc(C(C)(C)C)cc2)n1. The molecule has 0 amide bonds. The highest BCUT2D eigenvalue weighted by atomic mass is 15.3. The van der Waals surface area contributed by atoms with Gasteiger partial charge in [0.15, 0.2) is 5.82 Å². The first-order valence-electron chi connectivity index (χ1n) is 7.28. The maximum absolute atomic E-state index is 5.51. The number of benzene rings is 1. The number of aromatic nitrogens is 2. The number of hydrogen-bond acceptors (Lipinski definition) is 4. The van der Waals surface area contributed by atoms with Crippen LogP contribution in [0.5, 0.6) is 0 Å². The fourth-order valence-corrected chi connectivity index (χ4v) is 2.08. The number of nitrogen functional groups attached to an aromatic ring is 1. The minimum absolute atomic E-state index is 0.142. The zero-order chi connectivity index (χ0) is 15.6. The fraction of sp³-hybridized carbons (Fsp3) is 0.412. The molecule has 21 heavy (non-hydrogen) atoms. The third kappa shape index (κ3) is 3.58. The van der Waals surface area contributed by atoms with E-state index in [9.17, 15) is 0 Å². The van der Waals surface area contributed by atoms with Crippen LogP contribution in [0.15, 0.2) is 30.3 Å². The minimum atomic E-state index is 0.142. The molecule has 0 bridgehead atoms. The highest BCUT2D eigenvalue weighted by molar-refractivity contribution is 5.58. The Morgan fingerprint density at radius 1 is 1.05 bits per heavy atom. The lowest BCUT2D eigenvalue weighted by Gasteiger charge is -2.19. The average Bonchev–Trinajstić information content (AvgIpc) is 2.46. The lowest BCUT2D eigenvalue weighted by atomic mass is 9.86. The van der Waals surface area contributed by atoms with Crippen LogP contribution in [0.2, 0.25) is 0 Å². The molecule has 4 heteroatoms. The van der Waals surface area contributed by atoms with E-state index in [0.29, 0.717) is 17.6 Å². The van der Waals surface area contributed by atoms with Gasteiger partial charge in [-0.25, -0.2) is 15.8 Å². The predicted octanol–water partition coefficient (Wildman–Crippen LogP) is 3.85. The lowest BCUT2D eigenvalue weighted by Crippen LogP contribution is -2.12. The van der Waals surface area contributed by atoms with Crippen LogP contribution in [0.3, 0.4) is 0 Å². The van der Waals surface area contributed by atoms with Crippen LogP contribution < -0.4 is 11.3 Å². The first kappa shape index (κ1) is 15.4. The quantitative estimate of drug-likeness (QED) is 0.664. The Labute approximate surface area is 126 Å². The van der Waals surface area contributed by atoms with Crippen LogP contribution in [0.1, 0.15) is 51.8 Å². The summed E-state index contributed by atoms with van der Waals surface area (Å²) in [4.78, 5) is 9.09. The monoisotopic (exact) mass is 284 g/mol. The number of rotatable bonds is 3. The molecule has 0 fully saturated rings. The van der Waals surface area contributed by atoms with E-state index in [1.165, 1.54) is 5.56 Å². The molecule has 0 aliphatic heterocycles. The molecule has 0 saturated carbocycles. The van der Waals surface area contributed by atoms with E-state index in [-0.39, 0.29) is 5.41 Å².